The second kappa shape index (κ2) is 8.08. The number of hydrogen-bond acceptors (Lipinski definition) is 5. The van der Waals surface area contributed by atoms with Gasteiger partial charge in [-0.1, -0.05) is 7.43 Å². The Morgan fingerprint density at radius 3 is 2.44 bits per heavy atom. The summed E-state index contributed by atoms with van der Waals surface area (Å²) in [5.41, 5.74) is 2.74. The molecule has 0 spiro atoms. The minimum absolute atomic E-state index is 0. The van der Waals surface area contributed by atoms with Crippen LogP contribution in [-0.2, 0) is 0 Å². The highest BCUT2D eigenvalue weighted by atomic mass is 127. The van der Waals surface area contributed by atoms with E-state index < -0.39 is 0 Å². The zero-order valence-electron chi connectivity index (χ0n) is 14.4. The molecule has 0 saturated carbocycles. The van der Waals surface area contributed by atoms with E-state index >= 15 is 0 Å². The summed E-state index contributed by atoms with van der Waals surface area (Å²) in [6.45, 7) is 1.12. The van der Waals surface area contributed by atoms with Crippen molar-refractivity contribution >= 4 is 22.6 Å². The smallest absolute Gasteiger partial charge is 0.163 e. The molecule has 0 amide bonds. The zero-order chi connectivity index (χ0) is 18.1. The molecular weight excluding hydrogens is 459 g/mol. The van der Waals surface area contributed by atoms with Crippen LogP contribution in [0.5, 0.6) is 23.0 Å². The van der Waals surface area contributed by atoms with Gasteiger partial charge in [0, 0.05) is 17.7 Å². The first-order valence-electron chi connectivity index (χ1n) is 8.07. The predicted molar refractivity (Wildman–Crippen MR) is 113 cm³/mol. The molecule has 0 aliphatic carbocycles. The highest BCUT2D eigenvalue weighted by Crippen LogP contribution is 2.38. The first kappa shape index (κ1) is 19.3. The van der Waals surface area contributed by atoms with E-state index in [1.807, 2.05) is 41.1 Å². The molecule has 7 heteroatoms. The number of rotatable bonds is 4. The lowest BCUT2D eigenvalue weighted by atomic mass is 10.1. The lowest BCUT2D eigenvalue weighted by Gasteiger charge is -2.19. The van der Waals surface area contributed by atoms with Crippen molar-refractivity contribution in [1.29, 1.82) is 0 Å². The minimum Gasteiger partial charge on any atom is -0.496 e. The Hall–Kier alpha value is -2.42. The van der Waals surface area contributed by atoms with Crippen LogP contribution in [0, 0.1) is 3.57 Å². The van der Waals surface area contributed by atoms with Gasteiger partial charge in [-0.15, -0.1) is 0 Å². The SMILES string of the molecule is C.COc1cc(OC)c(-c2ccnn2-c2ccc3c(c2)OCCO3)cc1I. The van der Waals surface area contributed by atoms with Gasteiger partial charge in [0.2, 0.25) is 0 Å². The van der Waals surface area contributed by atoms with Crippen LogP contribution < -0.4 is 18.9 Å². The van der Waals surface area contributed by atoms with Crippen LogP contribution in [-0.4, -0.2) is 37.2 Å². The standard InChI is InChI=1S/C19H17IN2O4.CH4/c1-23-17-11-18(24-2)14(20)10-13(17)15-5-6-21-22(15)12-3-4-16-19(9-12)26-8-7-25-16;/h3-6,9-11H,7-8H2,1-2H3;1H4. The molecule has 0 saturated heterocycles. The Morgan fingerprint density at radius 2 is 1.70 bits per heavy atom. The number of nitrogens with zero attached hydrogens (tertiary/aromatic N) is 2. The minimum atomic E-state index is 0. The third-order valence-electron chi connectivity index (χ3n) is 4.16. The van der Waals surface area contributed by atoms with E-state index in [-0.39, 0.29) is 7.43 Å². The number of aromatic nitrogens is 2. The Balaban J connectivity index is 0.00000210. The first-order chi connectivity index (χ1) is 12.7. The van der Waals surface area contributed by atoms with E-state index in [0.717, 1.165) is 43.5 Å². The van der Waals surface area contributed by atoms with E-state index in [4.69, 9.17) is 18.9 Å². The van der Waals surface area contributed by atoms with Crippen LogP contribution in [0.2, 0.25) is 0 Å². The molecule has 2 heterocycles. The van der Waals surface area contributed by atoms with Gasteiger partial charge in [0.1, 0.15) is 24.7 Å². The molecular formula is C20H21IN2O4. The Labute approximate surface area is 172 Å². The summed E-state index contributed by atoms with van der Waals surface area (Å²) in [5, 5.41) is 4.49. The summed E-state index contributed by atoms with van der Waals surface area (Å²) >= 11 is 2.25. The predicted octanol–water partition coefficient (Wildman–Crippen LogP) is 4.57. The number of halogens is 1. The molecule has 142 valence electrons. The zero-order valence-corrected chi connectivity index (χ0v) is 16.5. The fourth-order valence-corrected chi connectivity index (χ4v) is 3.62. The average Bonchev–Trinajstić information content (AvgIpc) is 3.17. The summed E-state index contributed by atoms with van der Waals surface area (Å²) in [7, 11) is 3.30. The molecule has 27 heavy (non-hydrogen) atoms. The quantitative estimate of drug-likeness (QED) is 0.513. The molecule has 0 bridgehead atoms. The average molecular weight is 480 g/mol. The second-order valence-corrected chi connectivity index (χ2v) is 6.81. The highest BCUT2D eigenvalue weighted by molar-refractivity contribution is 14.1. The maximum atomic E-state index is 5.69. The number of hydrogen-bond donors (Lipinski definition) is 0. The fourth-order valence-electron chi connectivity index (χ4n) is 2.94. The van der Waals surface area contributed by atoms with Crippen LogP contribution in [0.3, 0.4) is 0 Å². The van der Waals surface area contributed by atoms with Gasteiger partial charge in [-0.3, -0.25) is 0 Å². The topological polar surface area (TPSA) is 54.7 Å². The summed E-state index contributed by atoms with van der Waals surface area (Å²) < 4.78 is 25.1. The van der Waals surface area contributed by atoms with Crippen molar-refractivity contribution in [2.45, 2.75) is 7.43 Å². The van der Waals surface area contributed by atoms with Gasteiger partial charge < -0.3 is 18.9 Å². The van der Waals surface area contributed by atoms with Crippen molar-refractivity contribution in [3.63, 3.8) is 0 Å². The lowest BCUT2D eigenvalue weighted by Crippen LogP contribution is -2.15. The summed E-state index contributed by atoms with van der Waals surface area (Å²) in [5.74, 6) is 2.98. The van der Waals surface area contributed by atoms with Gasteiger partial charge in [-0.2, -0.15) is 5.10 Å². The number of methoxy groups -OCH3 is 2. The monoisotopic (exact) mass is 480 g/mol. The Morgan fingerprint density at radius 1 is 0.963 bits per heavy atom. The van der Waals surface area contributed by atoms with Crippen molar-refractivity contribution in [3.05, 3.63) is 46.2 Å². The van der Waals surface area contributed by atoms with E-state index in [1.54, 1.807) is 20.4 Å². The summed E-state index contributed by atoms with van der Waals surface area (Å²) in [6.07, 6.45) is 1.77. The molecule has 0 radical (unpaired) electrons. The molecule has 0 N–H and O–H groups in total. The Kier molecular flexibility index (Phi) is 5.79. The number of benzene rings is 2. The third kappa shape index (κ3) is 3.55. The fraction of sp³-hybridized carbons (Fsp3) is 0.250. The van der Waals surface area contributed by atoms with E-state index in [9.17, 15) is 0 Å². The maximum absolute atomic E-state index is 5.69. The van der Waals surface area contributed by atoms with Crippen LogP contribution in [0.15, 0.2) is 42.6 Å². The number of ether oxygens (including phenoxy) is 4. The molecule has 0 unspecified atom stereocenters. The highest BCUT2D eigenvalue weighted by Gasteiger charge is 2.18. The normalized spacial score (nSPS) is 12.3. The molecule has 4 rings (SSSR count). The third-order valence-corrected chi connectivity index (χ3v) is 5.01. The van der Waals surface area contributed by atoms with E-state index in [2.05, 4.69) is 27.7 Å². The van der Waals surface area contributed by atoms with Gasteiger partial charge in [-0.25, -0.2) is 4.68 Å². The van der Waals surface area contributed by atoms with Crippen molar-refractivity contribution in [1.82, 2.24) is 9.78 Å². The van der Waals surface area contributed by atoms with Crippen molar-refractivity contribution < 1.29 is 18.9 Å². The Bertz CT molecular complexity index is 955. The molecule has 3 aromatic rings. The molecule has 0 fully saturated rings. The van der Waals surface area contributed by atoms with Crippen LogP contribution in [0.1, 0.15) is 7.43 Å². The number of fused-ring (bicyclic) bond motifs is 1. The van der Waals surface area contributed by atoms with Gasteiger partial charge in [0.05, 0.1) is 35.4 Å². The molecule has 1 aliphatic rings. The van der Waals surface area contributed by atoms with Crippen LogP contribution in [0.4, 0.5) is 0 Å². The maximum Gasteiger partial charge on any atom is 0.163 e. The first-order valence-corrected chi connectivity index (χ1v) is 9.15. The van der Waals surface area contributed by atoms with Gasteiger partial charge in [0.25, 0.3) is 0 Å². The largest absolute Gasteiger partial charge is 0.496 e. The summed E-state index contributed by atoms with van der Waals surface area (Å²) in [4.78, 5) is 0. The van der Waals surface area contributed by atoms with Crippen molar-refractivity contribution in [2.24, 2.45) is 0 Å². The van der Waals surface area contributed by atoms with Gasteiger partial charge >= 0.3 is 0 Å². The lowest BCUT2D eigenvalue weighted by molar-refractivity contribution is 0.171. The van der Waals surface area contributed by atoms with Crippen molar-refractivity contribution in [2.75, 3.05) is 27.4 Å². The molecule has 0 atom stereocenters. The molecule has 1 aromatic heterocycles. The molecule has 2 aromatic carbocycles. The second-order valence-electron chi connectivity index (χ2n) is 5.64. The summed E-state index contributed by atoms with van der Waals surface area (Å²) in [6, 6.07) is 11.7. The van der Waals surface area contributed by atoms with Crippen LogP contribution in [0.25, 0.3) is 16.9 Å². The van der Waals surface area contributed by atoms with E-state index in [1.165, 1.54) is 0 Å². The van der Waals surface area contributed by atoms with Crippen molar-refractivity contribution in [3.8, 4) is 39.9 Å². The van der Waals surface area contributed by atoms with Gasteiger partial charge in [0.15, 0.2) is 11.5 Å². The van der Waals surface area contributed by atoms with E-state index in [0.29, 0.717) is 13.2 Å². The van der Waals surface area contributed by atoms with Gasteiger partial charge in [-0.05, 0) is 46.9 Å². The molecule has 6 nitrogen and oxygen atoms in total. The molecule has 1 aliphatic heterocycles. The van der Waals surface area contributed by atoms with Crippen LogP contribution >= 0.6 is 22.6 Å².